The zero-order chi connectivity index (χ0) is 21.4. The summed E-state index contributed by atoms with van der Waals surface area (Å²) >= 11 is 0. The topological polar surface area (TPSA) is 125 Å². The number of rotatable bonds is 6. The van der Waals surface area contributed by atoms with Crippen LogP contribution in [-0.4, -0.2) is 67.5 Å². The Labute approximate surface area is 154 Å². The van der Waals surface area contributed by atoms with E-state index in [0.717, 1.165) is 0 Å². The highest BCUT2D eigenvalue weighted by Crippen LogP contribution is 2.42. The Hall–Kier alpha value is -1.58. The van der Waals surface area contributed by atoms with Crippen molar-refractivity contribution in [2.45, 2.75) is 55.1 Å². The van der Waals surface area contributed by atoms with Gasteiger partial charge in [0.25, 0.3) is 0 Å². The van der Waals surface area contributed by atoms with Crippen molar-refractivity contribution in [1.82, 2.24) is 0 Å². The molecule has 162 valence electrons. The Balaban J connectivity index is 1.95. The molecule has 0 aromatic carbocycles. The molecular formula is C13H15F5O9S. The fourth-order valence-corrected chi connectivity index (χ4v) is 2.99. The van der Waals surface area contributed by atoms with Gasteiger partial charge < -0.3 is 18.9 Å². The smallest absolute Gasteiger partial charge is 0.463 e. The van der Waals surface area contributed by atoms with Crippen LogP contribution in [-0.2, 0) is 38.7 Å². The van der Waals surface area contributed by atoms with Crippen molar-refractivity contribution in [3.63, 3.8) is 0 Å². The molecule has 28 heavy (non-hydrogen) atoms. The Kier molecular flexibility index (Phi) is 6.23. The molecule has 1 aliphatic heterocycles. The maximum absolute atomic E-state index is 13.3. The van der Waals surface area contributed by atoms with Crippen LogP contribution >= 0.6 is 0 Å². The molecule has 1 heterocycles. The zero-order valence-electron chi connectivity index (χ0n) is 13.9. The summed E-state index contributed by atoms with van der Waals surface area (Å²) in [6.07, 6.45) is -8.84. The lowest BCUT2D eigenvalue weighted by Crippen LogP contribution is -2.47. The molecule has 3 atom stereocenters. The number of alkyl halides is 5. The Morgan fingerprint density at radius 3 is 2.43 bits per heavy atom. The van der Waals surface area contributed by atoms with Gasteiger partial charge in [-0.05, 0) is 12.8 Å². The van der Waals surface area contributed by atoms with Gasteiger partial charge in [0.05, 0.1) is 6.61 Å². The van der Waals surface area contributed by atoms with Gasteiger partial charge in [0.1, 0.15) is 19.1 Å². The van der Waals surface area contributed by atoms with Crippen LogP contribution in [0.3, 0.4) is 0 Å². The van der Waals surface area contributed by atoms with E-state index in [9.17, 15) is 40.0 Å². The number of hydrogen-bond donors (Lipinski definition) is 1. The monoisotopic (exact) mass is 442 g/mol. The fraction of sp³-hybridized carbons (Fsp3) is 0.846. The second-order valence-electron chi connectivity index (χ2n) is 6.12. The van der Waals surface area contributed by atoms with Crippen molar-refractivity contribution >= 4 is 22.1 Å². The molecular weight excluding hydrogens is 427 g/mol. The summed E-state index contributed by atoms with van der Waals surface area (Å²) in [5, 5.41) is -5.21. The van der Waals surface area contributed by atoms with E-state index >= 15 is 0 Å². The third kappa shape index (κ3) is 5.07. The number of carbonyl (C=O) groups is 2. The van der Waals surface area contributed by atoms with Crippen LogP contribution in [0.2, 0.25) is 0 Å². The first-order valence-electron chi connectivity index (χ1n) is 7.76. The van der Waals surface area contributed by atoms with Crippen LogP contribution < -0.4 is 0 Å². The maximum atomic E-state index is 13.3. The number of carbonyl (C=O) groups excluding carboxylic acids is 2. The molecule has 2 fully saturated rings. The first-order chi connectivity index (χ1) is 12.7. The SMILES string of the molecule is O=C(CC(F)(F)F)OCC1COC2(CCCC2OC(=O)C(F)(F)S(=O)(=O)O)O1. The van der Waals surface area contributed by atoms with Gasteiger partial charge in [-0.25, -0.2) is 4.79 Å². The molecule has 0 radical (unpaired) electrons. The average Bonchev–Trinajstić information content (AvgIpc) is 3.10. The molecule has 1 spiro atoms. The van der Waals surface area contributed by atoms with Crippen LogP contribution in [0.15, 0.2) is 0 Å². The maximum Gasteiger partial charge on any atom is 0.465 e. The summed E-state index contributed by atoms with van der Waals surface area (Å²) < 4.78 is 112. The van der Waals surface area contributed by atoms with E-state index in [4.69, 9.17) is 14.0 Å². The van der Waals surface area contributed by atoms with E-state index < -0.39 is 64.5 Å². The molecule has 3 unspecified atom stereocenters. The van der Waals surface area contributed by atoms with Gasteiger partial charge in [0.2, 0.25) is 5.79 Å². The number of halogens is 5. The molecule has 2 aliphatic rings. The van der Waals surface area contributed by atoms with Gasteiger partial charge in [0.15, 0.2) is 6.10 Å². The van der Waals surface area contributed by atoms with Crippen LogP contribution in [0, 0.1) is 0 Å². The van der Waals surface area contributed by atoms with E-state index in [-0.39, 0.29) is 25.9 Å². The standard InChI is InChI=1S/C13H15F5O9S/c14-12(15,16)4-9(19)24-5-7-6-25-11(27-7)3-1-2-8(11)26-10(20)13(17,18)28(21,22)23/h7-8H,1-6H2,(H,21,22,23). The molecule has 0 bridgehead atoms. The molecule has 1 saturated heterocycles. The first kappa shape index (κ1) is 22.7. The summed E-state index contributed by atoms with van der Waals surface area (Å²) in [7, 11) is -6.06. The van der Waals surface area contributed by atoms with Crippen molar-refractivity contribution in [3.8, 4) is 0 Å². The van der Waals surface area contributed by atoms with Crippen LogP contribution in [0.25, 0.3) is 0 Å². The molecule has 0 aromatic heterocycles. The third-order valence-electron chi connectivity index (χ3n) is 3.95. The minimum absolute atomic E-state index is 0.0371. The Morgan fingerprint density at radius 2 is 1.86 bits per heavy atom. The van der Waals surface area contributed by atoms with Gasteiger partial charge in [-0.3, -0.25) is 9.35 Å². The molecule has 0 aromatic rings. The van der Waals surface area contributed by atoms with E-state index in [1.54, 1.807) is 0 Å². The Bertz CT molecular complexity index is 722. The summed E-state index contributed by atoms with van der Waals surface area (Å²) in [6.45, 7) is -0.930. The molecule has 2 rings (SSSR count). The van der Waals surface area contributed by atoms with Crippen molar-refractivity contribution in [1.29, 1.82) is 0 Å². The van der Waals surface area contributed by atoms with Crippen molar-refractivity contribution in [2.75, 3.05) is 13.2 Å². The summed E-state index contributed by atoms with van der Waals surface area (Å²) in [6, 6.07) is 0. The van der Waals surface area contributed by atoms with Crippen molar-refractivity contribution < 1.29 is 63.5 Å². The third-order valence-corrected chi connectivity index (χ3v) is 4.76. The fourth-order valence-electron chi connectivity index (χ4n) is 2.73. The van der Waals surface area contributed by atoms with E-state index in [1.807, 2.05) is 0 Å². The van der Waals surface area contributed by atoms with E-state index in [2.05, 4.69) is 9.47 Å². The highest BCUT2D eigenvalue weighted by molar-refractivity contribution is 7.87. The molecule has 1 N–H and O–H groups in total. The average molecular weight is 442 g/mol. The van der Waals surface area contributed by atoms with Crippen LogP contribution in [0.1, 0.15) is 25.7 Å². The highest BCUT2D eigenvalue weighted by Gasteiger charge is 2.59. The summed E-state index contributed by atoms with van der Waals surface area (Å²) in [5.41, 5.74) is 0. The van der Waals surface area contributed by atoms with Crippen LogP contribution in [0.5, 0.6) is 0 Å². The van der Waals surface area contributed by atoms with Crippen LogP contribution in [0.4, 0.5) is 22.0 Å². The zero-order valence-corrected chi connectivity index (χ0v) is 14.7. The van der Waals surface area contributed by atoms with Gasteiger partial charge in [0, 0.05) is 6.42 Å². The molecule has 9 nitrogen and oxygen atoms in total. The van der Waals surface area contributed by atoms with Gasteiger partial charge in [-0.15, -0.1) is 0 Å². The molecule has 1 saturated carbocycles. The predicted molar refractivity (Wildman–Crippen MR) is 75.4 cm³/mol. The lowest BCUT2D eigenvalue weighted by atomic mass is 10.2. The first-order valence-corrected chi connectivity index (χ1v) is 9.20. The quantitative estimate of drug-likeness (QED) is 0.367. The largest absolute Gasteiger partial charge is 0.465 e. The van der Waals surface area contributed by atoms with E-state index in [1.165, 1.54) is 0 Å². The van der Waals surface area contributed by atoms with Gasteiger partial charge >= 0.3 is 33.5 Å². The van der Waals surface area contributed by atoms with Gasteiger partial charge in [-0.2, -0.15) is 30.4 Å². The molecule has 1 aliphatic carbocycles. The number of hydrogen-bond acceptors (Lipinski definition) is 8. The lowest BCUT2D eigenvalue weighted by Gasteiger charge is -2.30. The predicted octanol–water partition coefficient (Wildman–Crippen LogP) is 1.17. The van der Waals surface area contributed by atoms with Crippen molar-refractivity contribution in [2.24, 2.45) is 0 Å². The minimum atomic E-state index is -6.06. The molecule has 15 heteroatoms. The van der Waals surface area contributed by atoms with Crippen molar-refractivity contribution in [3.05, 3.63) is 0 Å². The summed E-state index contributed by atoms with van der Waals surface area (Å²) in [5.74, 6) is -5.83. The summed E-state index contributed by atoms with van der Waals surface area (Å²) in [4.78, 5) is 22.5. The Morgan fingerprint density at radius 1 is 1.21 bits per heavy atom. The second kappa shape index (κ2) is 7.68. The number of ether oxygens (including phenoxy) is 4. The molecule has 0 amide bonds. The second-order valence-corrected chi connectivity index (χ2v) is 7.58. The minimum Gasteiger partial charge on any atom is -0.463 e. The van der Waals surface area contributed by atoms with E-state index in [0.29, 0.717) is 0 Å². The normalized spacial score (nSPS) is 28.5. The lowest BCUT2D eigenvalue weighted by molar-refractivity contribution is -0.233. The number of esters is 2. The highest BCUT2D eigenvalue weighted by atomic mass is 32.2. The van der Waals surface area contributed by atoms with Gasteiger partial charge in [-0.1, -0.05) is 0 Å².